The minimum absolute atomic E-state index is 0.00690. The van der Waals surface area contributed by atoms with E-state index in [1.807, 2.05) is 24.3 Å². The molecule has 0 saturated carbocycles. The molecule has 4 atom stereocenters. The lowest BCUT2D eigenvalue weighted by Gasteiger charge is -2.33. The molecule has 10 nitrogen and oxygen atoms in total. The second-order valence-electron chi connectivity index (χ2n) is 7.93. The van der Waals surface area contributed by atoms with Gasteiger partial charge in [-0.05, 0) is 24.1 Å². The molecule has 2 saturated heterocycles. The minimum Gasteiger partial charge on any atom is -0.495 e. The number of hydrogen-bond acceptors (Lipinski definition) is 8. The number of carbonyl (C=O) groups is 3. The number of non-ortho nitro benzene ring substituents is 1. The summed E-state index contributed by atoms with van der Waals surface area (Å²) in [5, 5.41) is 17.3. The molecule has 0 N–H and O–H groups in total. The van der Waals surface area contributed by atoms with Crippen LogP contribution in [0.1, 0.15) is 24.1 Å². The zero-order valence-electron chi connectivity index (χ0n) is 17.2. The average Bonchev–Trinajstić information content (AvgIpc) is 3.26. The van der Waals surface area contributed by atoms with Gasteiger partial charge in [-0.25, -0.2) is 4.90 Å². The smallest absolute Gasteiger partial charge is 0.271 e. The van der Waals surface area contributed by atoms with Gasteiger partial charge in [0.1, 0.15) is 17.5 Å². The second kappa shape index (κ2) is 6.98. The maximum atomic E-state index is 13.7. The van der Waals surface area contributed by atoms with Crippen molar-refractivity contribution in [2.45, 2.75) is 19.0 Å². The number of rotatable bonds is 4. The van der Waals surface area contributed by atoms with Gasteiger partial charge in [0, 0.05) is 12.1 Å². The number of nitro benzene ring substituents is 1. The van der Waals surface area contributed by atoms with Crippen molar-refractivity contribution < 1.29 is 24.0 Å². The molecule has 162 valence electrons. The molecular formula is C22H18N4O6. The summed E-state index contributed by atoms with van der Waals surface area (Å²) in [6.45, 7) is 1.37. The zero-order valence-corrected chi connectivity index (χ0v) is 17.2. The molecule has 32 heavy (non-hydrogen) atoms. The Balaban J connectivity index is 1.66. The van der Waals surface area contributed by atoms with Crippen LogP contribution in [0.3, 0.4) is 0 Å². The van der Waals surface area contributed by atoms with E-state index in [0.29, 0.717) is 0 Å². The number of methoxy groups -OCH3 is 1. The van der Waals surface area contributed by atoms with E-state index in [1.165, 1.54) is 26.2 Å². The first-order valence-corrected chi connectivity index (χ1v) is 9.97. The molecule has 0 spiro atoms. The quantitative estimate of drug-likeness (QED) is 0.410. The van der Waals surface area contributed by atoms with Crippen LogP contribution in [0.5, 0.6) is 5.75 Å². The number of Topliss-reactive ketones (excluding diaryl/α,β-unsaturated/α-hetero) is 1. The van der Waals surface area contributed by atoms with Gasteiger partial charge in [-0.2, -0.15) is 5.10 Å². The van der Waals surface area contributed by atoms with Gasteiger partial charge in [-0.3, -0.25) is 29.5 Å². The van der Waals surface area contributed by atoms with E-state index in [4.69, 9.17) is 4.74 Å². The number of anilines is 1. The normalized spacial score (nSPS) is 25.4. The highest BCUT2D eigenvalue weighted by Gasteiger charge is 2.65. The van der Waals surface area contributed by atoms with E-state index in [9.17, 15) is 24.5 Å². The molecule has 0 bridgehead atoms. The molecule has 0 radical (unpaired) electrons. The molecule has 4 unspecified atom stereocenters. The maximum Gasteiger partial charge on any atom is 0.271 e. The maximum absolute atomic E-state index is 13.7. The highest BCUT2D eigenvalue weighted by Crippen LogP contribution is 2.53. The first-order chi connectivity index (χ1) is 15.3. The van der Waals surface area contributed by atoms with Crippen molar-refractivity contribution in [3.63, 3.8) is 0 Å². The van der Waals surface area contributed by atoms with Crippen LogP contribution < -0.4 is 9.64 Å². The van der Waals surface area contributed by atoms with Gasteiger partial charge in [-0.1, -0.05) is 24.3 Å². The molecule has 3 aliphatic heterocycles. The number of nitrogens with zero attached hydrogens (tertiary/aromatic N) is 4. The lowest BCUT2D eigenvalue weighted by atomic mass is 9.84. The first kappa shape index (κ1) is 19.9. The Morgan fingerprint density at radius 1 is 1.12 bits per heavy atom. The Morgan fingerprint density at radius 2 is 1.84 bits per heavy atom. The minimum atomic E-state index is -0.961. The van der Waals surface area contributed by atoms with Crippen LogP contribution in [-0.2, 0) is 14.4 Å². The van der Waals surface area contributed by atoms with Gasteiger partial charge < -0.3 is 4.74 Å². The number of nitro groups is 1. The van der Waals surface area contributed by atoms with Crippen molar-refractivity contribution in [3.8, 4) is 5.75 Å². The van der Waals surface area contributed by atoms with Crippen molar-refractivity contribution in [1.29, 1.82) is 0 Å². The third kappa shape index (κ3) is 2.58. The number of hydrazone groups is 1. The number of hydrogen-bond donors (Lipinski definition) is 0. The summed E-state index contributed by atoms with van der Waals surface area (Å²) >= 11 is 0. The second-order valence-corrected chi connectivity index (χ2v) is 7.93. The Kier molecular flexibility index (Phi) is 4.33. The number of benzene rings is 2. The van der Waals surface area contributed by atoms with Crippen LogP contribution in [0.2, 0.25) is 0 Å². The Morgan fingerprint density at radius 3 is 2.53 bits per heavy atom. The molecule has 2 fully saturated rings. The fourth-order valence-electron chi connectivity index (χ4n) is 5.03. The molecule has 3 aliphatic rings. The first-order valence-electron chi connectivity index (χ1n) is 9.97. The number of ketones is 1. The largest absolute Gasteiger partial charge is 0.495 e. The van der Waals surface area contributed by atoms with Gasteiger partial charge in [-0.15, -0.1) is 0 Å². The summed E-state index contributed by atoms with van der Waals surface area (Å²) in [5.74, 6) is -3.09. The SMILES string of the molecule is COc1ccc([N+](=O)[O-])cc1N1C(=O)C2C(C1=O)C1c3ccccc3C=NN1C2C(C)=O. The van der Waals surface area contributed by atoms with E-state index in [-0.39, 0.29) is 22.9 Å². The topological polar surface area (TPSA) is 122 Å². The molecule has 10 heteroatoms. The van der Waals surface area contributed by atoms with Crippen LogP contribution in [-0.4, -0.2) is 46.9 Å². The summed E-state index contributed by atoms with van der Waals surface area (Å²) < 4.78 is 5.28. The third-order valence-corrected chi connectivity index (χ3v) is 6.32. The number of imide groups is 1. The van der Waals surface area contributed by atoms with E-state index in [2.05, 4.69) is 5.10 Å². The van der Waals surface area contributed by atoms with Crippen molar-refractivity contribution >= 4 is 35.2 Å². The highest BCUT2D eigenvalue weighted by molar-refractivity contribution is 6.24. The average molecular weight is 434 g/mol. The Hall–Kier alpha value is -4.08. The van der Waals surface area contributed by atoms with Crippen molar-refractivity contribution in [1.82, 2.24) is 5.01 Å². The van der Waals surface area contributed by atoms with Gasteiger partial charge in [0.05, 0.1) is 36.1 Å². The van der Waals surface area contributed by atoms with Crippen LogP contribution in [0.4, 0.5) is 11.4 Å². The van der Waals surface area contributed by atoms with Gasteiger partial charge in [0.2, 0.25) is 11.8 Å². The number of fused-ring (bicyclic) bond motifs is 5. The standard InChI is InChI=1S/C22H18N4O6/c1-11(27)19-17-18(20-14-6-4-3-5-12(14)10-23-25(19)20)22(29)24(21(17)28)15-9-13(26(30)31)7-8-16(15)32-2/h3-10,17-20H,1-2H3. The molecule has 2 amide bonds. The van der Waals surface area contributed by atoms with Crippen LogP contribution in [0, 0.1) is 22.0 Å². The summed E-state index contributed by atoms with van der Waals surface area (Å²) in [6.07, 6.45) is 1.62. The van der Waals surface area contributed by atoms with Crippen molar-refractivity contribution in [2.75, 3.05) is 12.0 Å². The molecule has 5 rings (SSSR count). The van der Waals surface area contributed by atoms with Crippen molar-refractivity contribution in [3.05, 3.63) is 63.7 Å². The van der Waals surface area contributed by atoms with Gasteiger partial charge >= 0.3 is 0 Å². The summed E-state index contributed by atoms with van der Waals surface area (Å²) in [4.78, 5) is 51.5. The number of carbonyl (C=O) groups excluding carboxylic acids is 3. The molecule has 2 aromatic rings. The lowest BCUT2D eigenvalue weighted by Crippen LogP contribution is -2.44. The number of ether oxygens (including phenoxy) is 1. The third-order valence-electron chi connectivity index (χ3n) is 6.32. The Bertz CT molecular complexity index is 1220. The van der Waals surface area contributed by atoms with Crippen LogP contribution in [0.15, 0.2) is 47.6 Å². The molecule has 0 aromatic heterocycles. The monoisotopic (exact) mass is 434 g/mol. The van der Waals surface area contributed by atoms with E-state index in [1.54, 1.807) is 11.2 Å². The summed E-state index contributed by atoms with van der Waals surface area (Å²) in [7, 11) is 1.35. The molecular weight excluding hydrogens is 416 g/mol. The van der Waals surface area contributed by atoms with Gasteiger partial charge in [0.15, 0.2) is 5.78 Å². The fraction of sp³-hybridized carbons (Fsp3) is 0.273. The van der Waals surface area contributed by atoms with E-state index < -0.39 is 40.7 Å². The predicted molar refractivity (Wildman–Crippen MR) is 112 cm³/mol. The Labute approximate surface area is 182 Å². The van der Waals surface area contributed by atoms with Gasteiger partial charge in [0.25, 0.3) is 5.69 Å². The van der Waals surface area contributed by atoms with Crippen molar-refractivity contribution in [2.24, 2.45) is 16.9 Å². The lowest BCUT2D eigenvalue weighted by molar-refractivity contribution is -0.384. The molecule has 2 aromatic carbocycles. The van der Waals surface area contributed by atoms with Crippen LogP contribution >= 0.6 is 0 Å². The van der Waals surface area contributed by atoms with E-state index >= 15 is 0 Å². The van der Waals surface area contributed by atoms with E-state index in [0.717, 1.165) is 22.1 Å². The summed E-state index contributed by atoms with van der Waals surface area (Å²) in [5.41, 5.74) is 1.32. The fourth-order valence-corrected chi connectivity index (χ4v) is 5.03. The van der Waals surface area contributed by atoms with Crippen LogP contribution in [0.25, 0.3) is 0 Å². The summed E-state index contributed by atoms with van der Waals surface area (Å²) in [6, 6.07) is 9.59. The predicted octanol–water partition coefficient (Wildman–Crippen LogP) is 2.07. The number of amides is 2. The highest BCUT2D eigenvalue weighted by atomic mass is 16.6. The molecule has 0 aliphatic carbocycles. The zero-order chi connectivity index (χ0) is 22.7. The molecule has 3 heterocycles.